The lowest BCUT2D eigenvalue weighted by molar-refractivity contribution is -0.138. The van der Waals surface area contributed by atoms with Crippen molar-refractivity contribution >= 4 is 11.8 Å². The molecule has 1 aromatic carbocycles. The van der Waals surface area contributed by atoms with Gasteiger partial charge >= 0.3 is 5.97 Å². The zero-order chi connectivity index (χ0) is 13.3. The van der Waals surface area contributed by atoms with Crippen molar-refractivity contribution < 1.29 is 19.4 Å². The van der Waals surface area contributed by atoms with Crippen LogP contribution in [0.3, 0.4) is 0 Å². The van der Waals surface area contributed by atoms with Gasteiger partial charge in [0.05, 0.1) is 12.0 Å². The van der Waals surface area contributed by atoms with Crippen LogP contribution < -0.4 is 4.74 Å². The Kier molecular flexibility index (Phi) is 3.11. The van der Waals surface area contributed by atoms with E-state index in [0.29, 0.717) is 17.7 Å². The van der Waals surface area contributed by atoms with E-state index in [0.717, 1.165) is 5.56 Å². The molecule has 0 saturated heterocycles. The van der Waals surface area contributed by atoms with Crippen LogP contribution in [0.15, 0.2) is 18.2 Å². The van der Waals surface area contributed by atoms with E-state index in [1.807, 2.05) is 19.1 Å². The molecular weight excluding hydrogens is 232 g/mol. The number of ether oxygens (including phenoxy) is 1. The zero-order valence-electron chi connectivity index (χ0n) is 10.5. The molecule has 4 nitrogen and oxygen atoms in total. The topological polar surface area (TPSA) is 63.6 Å². The van der Waals surface area contributed by atoms with Crippen LogP contribution >= 0.6 is 0 Å². The molecule has 4 heteroatoms. The molecule has 0 radical (unpaired) electrons. The molecule has 0 amide bonds. The van der Waals surface area contributed by atoms with Crippen molar-refractivity contribution in [3.63, 3.8) is 0 Å². The van der Waals surface area contributed by atoms with Crippen LogP contribution in [0.5, 0.6) is 5.75 Å². The lowest BCUT2D eigenvalue weighted by Gasteiger charge is -2.34. The third-order valence-corrected chi connectivity index (χ3v) is 3.19. The smallest absolute Gasteiger partial charge is 0.303 e. The summed E-state index contributed by atoms with van der Waals surface area (Å²) in [4.78, 5) is 22.7. The number of carboxylic acids is 1. The molecule has 1 unspecified atom stereocenters. The highest BCUT2D eigenvalue weighted by Crippen LogP contribution is 2.36. The summed E-state index contributed by atoms with van der Waals surface area (Å²) >= 11 is 0. The Hall–Kier alpha value is -1.84. The molecule has 18 heavy (non-hydrogen) atoms. The molecule has 0 fully saturated rings. The number of aryl methyl sites for hydroxylation is 1. The fourth-order valence-corrected chi connectivity index (χ4v) is 2.20. The van der Waals surface area contributed by atoms with Crippen LogP contribution in [-0.2, 0) is 4.79 Å². The maximum Gasteiger partial charge on any atom is 0.303 e. The number of benzene rings is 1. The Morgan fingerprint density at radius 3 is 2.89 bits per heavy atom. The van der Waals surface area contributed by atoms with Crippen LogP contribution in [0, 0.1) is 6.92 Å². The van der Waals surface area contributed by atoms with Crippen LogP contribution in [0.25, 0.3) is 0 Å². The molecule has 0 bridgehead atoms. The molecule has 96 valence electrons. The Balaban J connectivity index is 2.24. The van der Waals surface area contributed by atoms with Gasteiger partial charge in [0.1, 0.15) is 11.4 Å². The van der Waals surface area contributed by atoms with Crippen molar-refractivity contribution in [2.24, 2.45) is 0 Å². The second kappa shape index (κ2) is 4.44. The summed E-state index contributed by atoms with van der Waals surface area (Å²) in [7, 11) is 0. The second-order valence-electron chi connectivity index (χ2n) is 5.05. The normalized spacial score (nSPS) is 22.2. The Morgan fingerprint density at radius 1 is 1.50 bits per heavy atom. The molecule has 1 aliphatic heterocycles. The molecule has 0 aliphatic carbocycles. The summed E-state index contributed by atoms with van der Waals surface area (Å²) in [5.41, 5.74) is 0.903. The fraction of sp³-hybridized carbons (Fsp3) is 0.429. The summed E-state index contributed by atoms with van der Waals surface area (Å²) in [5, 5.41) is 8.72. The third kappa shape index (κ3) is 2.53. The van der Waals surface area contributed by atoms with E-state index >= 15 is 0 Å². The van der Waals surface area contributed by atoms with Gasteiger partial charge < -0.3 is 9.84 Å². The van der Waals surface area contributed by atoms with Gasteiger partial charge in [0, 0.05) is 6.42 Å². The number of carbonyl (C=O) groups excluding carboxylic acids is 1. The Morgan fingerprint density at radius 2 is 2.22 bits per heavy atom. The number of hydrogen-bond donors (Lipinski definition) is 1. The van der Waals surface area contributed by atoms with Crippen molar-refractivity contribution in [1.82, 2.24) is 0 Å². The van der Waals surface area contributed by atoms with Gasteiger partial charge in [-0.25, -0.2) is 0 Å². The lowest BCUT2D eigenvalue weighted by Crippen LogP contribution is -2.39. The molecular formula is C14H16O4. The van der Waals surface area contributed by atoms with Crippen molar-refractivity contribution in [2.45, 2.75) is 38.7 Å². The summed E-state index contributed by atoms with van der Waals surface area (Å²) < 4.78 is 5.81. The van der Waals surface area contributed by atoms with E-state index in [2.05, 4.69) is 0 Å². The average molecular weight is 248 g/mol. The number of rotatable bonds is 3. The van der Waals surface area contributed by atoms with E-state index in [4.69, 9.17) is 9.84 Å². The van der Waals surface area contributed by atoms with E-state index < -0.39 is 11.6 Å². The third-order valence-electron chi connectivity index (χ3n) is 3.19. The average Bonchev–Trinajstić information content (AvgIpc) is 2.28. The Bertz CT molecular complexity index is 507. The molecule has 1 atom stereocenters. The van der Waals surface area contributed by atoms with E-state index in [1.54, 1.807) is 13.0 Å². The van der Waals surface area contributed by atoms with Crippen molar-refractivity contribution in [3.8, 4) is 5.75 Å². The first-order chi connectivity index (χ1) is 8.39. The van der Waals surface area contributed by atoms with Crippen molar-refractivity contribution in [2.75, 3.05) is 0 Å². The standard InChI is InChI=1S/C14H16O4/c1-9-3-4-12-10(7-9)11(15)8-14(2,18-12)6-5-13(16)17/h3-4,7H,5-6,8H2,1-2H3,(H,16,17). The number of carboxylic acid groups (broad SMARTS) is 1. The summed E-state index contributed by atoms with van der Waals surface area (Å²) in [5.74, 6) is -0.292. The maximum atomic E-state index is 12.1. The number of aliphatic carboxylic acids is 1. The van der Waals surface area contributed by atoms with Gasteiger partial charge in [0.2, 0.25) is 0 Å². The highest BCUT2D eigenvalue weighted by molar-refractivity contribution is 6.00. The SMILES string of the molecule is Cc1ccc2c(c1)C(=O)CC(C)(CCC(=O)O)O2. The van der Waals surface area contributed by atoms with Gasteiger partial charge in [-0.2, -0.15) is 0 Å². The highest BCUT2D eigenvalue weighted by atomic mass is 16.5. The number of Topliss-reactive ketones (excluding diaryl/α,β-unsaturated/α-hetero) is 1. The first-order valence-electron chi connectivity index (χ1n) is 5.94. The van der Waals surface area contributed by atoms with Gasteiger partial charge in [-0.05, 0) is 32.4 Å². The van der Waals surface area contributed by atoms with E-state index in [9.17, 15) is 9.59 Å². The maximum absolute atomic E-state index is 12.1. The monoisotopic (exact) mass is 248 g/mol. The Labute approximate surface area is 106 Å². The quantitative estimate of drug-likeness (QED) is 0.893. The van der Waals surface area contributed by atoms with E-state index in [-0.39, 0.29) is 18.6 Å². The molecule has 1 aliphatic rings. The minimum absolute atomic E-state index is 0.00494. The largest absolute Gasteiger partial charge is 0.486 e. The lowest BCUT2D eigenvalue weighted by atomic mass is 9.87. The van der Waals surface area contributed by atoms with Gasteiger partial charge in [0.25, 0.3) is 0 Å². The fourth-order valence-electron chi connectivity index (χ4n) is 2.20. The van der Waals surface area contributed by atoms with Crippen molar-refractivity contribution in [3.05, 3.63) is 29.3 Å². The van der Waals surface area contributed by atoms with Crippen LogP contribution in [-0.4, -0.2) is 22.5 Å². The van der Waals surface area contributed by atoms with Crippen LogP contribution in [0.2, 0.25) is 0 Å². The second-order valence-corrected chi connectivity index (χ2v) is 5.05. The summed E-state index contributed by atoms with van der Waals surface area (Å²) in [6.07, 6.45) is 0.573. The molecule has 1 aromatic rings. The van der Waals surface area contributed by atoms with E-state index in [1.165, 1.54) is 0 Å². The number of carbonyl (C=O) groups is 2. The first kappa shape index (κ1) is 12.6. The predicted molar refractivity (Wildman–Crippen MR) is 66.0 cm³/mol. The summed E-state index contributed by atoms with van der Waals surface area (Å²) in [6.45, 7) is 3.71. The number of fused-ring (bicyclic) bond motifs is 1. The molecule has 0 spiro atoms. The minimum Gasteiger partial charge on any atom is -0.486 e. The highest BCUT2D eigenvalue weighted by Gasteiger charge is 2.36. The van der Waals surface area contributed by atoms with Gasteiger partial charge in [0.15, 0.2) is 5.78 Å². The predicted octanol–water partition coefficient (Wildman–Crippen LogP) is 2.58. The van der Waals surface area contributed by atoms with Gasteiger partial charge in [-0.15, -0.1) is 0 Å². The molecule has 0 aromatic heterocycles. The molecule has 1 N–H and O–H groups in total. The molecule has 0 saturated carbocycles. The molecule has 1 heterocycles. The van der Waals surface area contributed by atoms with Crippen molar-refractivity contribution in [1.29, 1.82) is 0 Å². The summed E-state index contributed by atoms with van der Waals surface area (Å²) in [6, 6.07) is 5.48. The van der Waals surface area contributed by atoms with Gasteiger partial charge in [-0.1, -0.05) is 11.6 Å². The molecule has 2 rings (SSSR count). The van der Waals surface area contributed by atoms with Crippen LogP contribution in [0.4, 0.5) is 0 Å². The van der Waals surface area contributed by atoms with Gasteiger partial charge in [-0.3, -0.25) is 9.59 Å². The van der Waals surface area contributed by atoms with Crippen LogP contribution in [0.1, 0.15) is 42.1 Å². The zero-order valence-corrected chi connectivity index (χ0v) is 10.5. The first-order valence-corrected chi connectivity index (χ1v) is 5.94. The number of hydrogen-bond acceptors (Lipinski definition) is 3. The minimum atomic E-state index is -0.873. The number of ketones is 1.